The van der Waals surface area contributed by atoms with Crippen molar-refractivity contribution in [1.29, 1.82) is 0 Å². The number of carbonyl (C=O) groups excluding carboxylic acids is 1. The smallest absolute Gasteiger partial charge is 0.408 e. The Labute approximate surface area is 234 Å². The van der Waals surface area contributed by atoms with Crippen LogP contribution in [0.4, 0.5) is 10.7 Å². The van der Waals surface area contributed by atoms with Gasteiger partial charge in [-0.2, -0.15) is 4.40 Å². The van der Waals surface area contributed by atoms with Gasteiger partial charge in [0.1, 0.15) is 11.3 Å². The maximum absolute atomic E-state index is 12.6. The average Bonchev–Trinajstić information content (AvgIpc) is 3.29. The summed E-state index contributed by atoms with van der Waals surface area (Å²) in [6.45, 7) is 8.45. The third-order valence-corrected chi connectivity index (χ3v) is 7.45. The average molecular weight is 536 g/mol. The van der Waals surface area contributed by atoms with E-state index in [1.54, 1.807) is 0 Å². The number of nitrogens with zero attached hydrogens (tertiary/aromatic N) is 4. The maximum Gasteiger partial charge on any atom is 0.408 e. The molecule has 0 aliphatic heterocycles. The molecule has 6 rings (SSSR count). The minimum Gasteiger partial charge on any atom is -0.444 e. The van der Waals surface area contributed by atoms with Crippen LogP contribution in [-0.4, -0.2) is 33.0 Å². The molecule has 5 aromatic rings. The Morgan fingerprint density at radius 2 is 1.80 bits per heavy atom. The number of hydrogen-bond acceptors (Lipinski definition) is 5. The number of amides is 1. The van der Waals surface area contributed by atoms with Gasteiger partial charge in [0.05, 0.1) is 22.6 Å². The monoisotopic (exact) mass is 535 g/mol. The van der Waals surface area contributed by atoms with Gasteiger partial charge in [0.2, 0.25) is 5.65 Å². The lowest BCUT2D eigenvalue weighted by atomic mass is 9.72. The number of hydrogen-bond donors (Lipinski definition) is 2. The minimum atomic E-state index is -0.542. The first-order valence-electron chi connectivity index (χ1n) is 13.9. The molecule has 1 amide bonds. The van der Waals surface area contributed by atoms with E-state index in [2.05, 4.69) is 64.4 Å². The predicted octanol–water partition coefficient (Wildman–Crippen LogP) is 6.16. The molecule has 8 heteroatoms. The molecular formula is C32H35N6O2+. The van der Waals surface area contributed by atoms with Crippen molar-refractivity contribution in [3.8, 4) is 16.8 Å². The number of alkyl carbamates (subject to hydrolysis) is 1. The van der Waals surface area contributed by atoms with Crippen molar-refractivity contribution in [3.63, 3.8) is 0 Å². The summed E-state index contributed by atoms with van der Waals surface area (Å²) in [6.07, 6.45) is 6.38. The largest absolute Gasteiger partial charge is 0.444 e. The van der Waals surface area contributed by atoms with E-state index in [0.717, 1.165) is 70.7 Å². The van der Waals surface area contributed by atoms with E-state index in [1.165, 1.54) is 0 Å². The molecule has 0 atom stereocenters. The minimum absolute atomic E-state index is 0.380. The lowest BCUT2D eigenvalue weighted by Crippen LogP contribution is -2.52. The Kier molecular flexibility index (Phi) is 6.41. The van der Waals surface area contributed by atoms with Gasteiger partial charge in [-0.1, -0.05) is 42.5 Å². The number of ether oxygens (including phenoxy) is 1. The second kappa shape index (κ2) is 9.93. The molecule has 0 unspecified atom stereocenters. The molecule has 0 spiro atoms. The van der Waals surface area contributed by atoms with Gasteiger partial charge in [0.15, 0.2) is 0 Å². The summed E-state index contributed by atoms with van der Waals surface area (Å²) >= 11 is 0. The number of pyridine rings is 2. The molecule has 2 N–H and O–H groups in total. The number of fused-ring (bicyclic) bond motifs is 3. The molecule has 40 heavy (non-hydrogen) atoms. The van der Waals surface area contributed by atoms with Crippen molar-refractivity contribution in [2.75, 3.05) is 11.9 Å². The van der Waals surface area contributed by atoms with Gasteiger partial charge in [-0.25, -0.2) is 4.79 Å². The second-order valence-electron chi connectivity index (χ2n) is 11.4. The van der Waals surface area contributed by atoms with Crippen LogP contribution in [0.25, 0.3) is 33.4 Å². The van der Waals surface area contributed by atoms with Crippen LogP contribution in [0.2, 0.25) is 0 Å². The number of anilines is 1. The Morgan fingerprint density at radius 1 is 1.05 bits per heavy atom. The third kappa shape index (κ3) is 4.74. The summed E-state index contributed by atoms with van der Waals surface area (Å²) in [5.74, 6) is 0.760. The molecule has 0 bridgehead atoms. The Balaban J connectivity index is 1.43. The van der Waals surface area contributed by atoms with Gasteiger partial charge < -0.3 is 10.1 Å². The van der Waals surface area contributed by atoms with Crippen LogP contribution in [0.15, 0.2) is 79.1 Å². The Bertz CT molecular complexity index is 1680. The van der Waals surface area contributed by atoms with Crippen LogP contribution in [0.5, 0.6) is 0 Å². The number of rotatable bonds is 6. The molecule has 204 valence electrons. The molecule has 2 aromatic carbocycles. The molecule has 0 radical (unpaired) electrons. The van der Waals surface area contributed by atoms with Gasteiger partial charge in [-0.15, -0.1) is 4.68 Å². The zero-order valence-electron chi connectivity index (χ0n) is 23.4. The van der Waals surface area contributed by atoms with Crippen molar-refractivity contribution in [3.05, 3.63) is 84.7 Å². The van der Waals surface area contributed by atoms with Crippen LogP contribution in [-0.2, 0) is 10.3 Å². The normalized spacial score (nSPS) is 14.6. The second-order valence-corrected chi connectivity index (χ2v) is 11.4. The van der Waals surface area contributed by atoms with Gasteiger partial charge in [-0.05, 0) is 82.3 Å². The van der Waals surface area contributed by atoms with E-state index in [-0.39, 0.29) is 6.09 Å². The number of nitrogens with one attached hydrogen (secondary N) is 2. The fraction of sp³-hybridized carbons (Fsp3) is 0.312. The number of carbonyl (C=O) groups is 1. The van der Waals surface area contributed by atoms with Gasteiger partial charge in [-0.3, -0.25) is 10.3 Å². The highest BCUT2D eigenvalue weighted by atomic mass is 16.6. The summed E-state index contributed by atoms with van der Waals surface area (Å²) in [4.78, 5) is 17.4. The van der Waals surface area contributed by atoms with Crippen molar-refractivity contribution >= 4 is 28.6 Å². The Morgan fingerprint density at radius 3 is 2.45 bits per heavy atom. The van der Waals surface area contributed by atoms with Crippen molar-refractivity contribution in [1.82, 2.24) is 20.1 Å². The van der Waals surface area contributed by atoms with Gasteiger partial charge in [0.25, 0.3) is 0 Å². The van der Waals surface area contributed by atoms with E-state index >= 15 is 0 Å². The first-order chi connectivity index (χ1) is 19.3. The van der Waals surface area contributed by atoms with E-state index in [0.29, 0.717) is 0 Å². The quantitative estimate of drug-likeness (QED) is 0.254. The molecule has 1 aliphatic carbocycles. The maximum atomic E-state index is 12.6. The fourth-order valence-electron chi connectivity index (χ4n) is 5.39. The highest BCUT2D eigenvalue weighted by Gasteiger charge is 2.41. The van der Waals surface area contributed by atoms with Crippen LogP contribution in [0, 0.1) is 0 Å². The van der Waals surface area contributed by atoms with Crippen molar-refractivity contribution in [2.45, 2.75) is 58.1 Å². The molecule has 8 nitrogen and oxygen atoms in total. The SMILES string of the molecule is CCNc1nn(-c2ccc(C3(NC(=O)OC(C)(C)C)CCC3)cc2)c2c3cc(-c4ccccc4)cnc3cc[n+]12. The zero-order chi connectivity index (χ0) is 27.9. The topological polar surface area (TPSA) is 85.2 Å². The first-order valence-corrected chi connectivity index (χ1v) is 13.9. The third-order valence-electron chi connectivity index (χ3n) is 7.45. The zero-order valence-corrected chi connectivity index (χ0v) is 23.4. The van der Waals surface area contributed by atoms with Crippen LogP contribution in [0.1, 0.15) is 52.5 Å². The highest BCUT2D eigenvalue weighted by Crippen LogP contribution is 2.41. The summed E-state index contributed by atoms with van der Waals surface area (Å²) in [5.41, 5.74) is 5.04. The van der Waals surface area contributed by atoms with E-state index in [9.17, 15) is 4.79 Å². The fourth-order valence-corrected chi connectivity index (χ4v) is 5.39. The highest BCUT2D eigenvalue weighted by molar-refractivity contribution is 5.93. The number of benzene rings is 2. The van der Waals surface area contributed by atoms with Gasteiger partial charge >= 0.3 is 12.0 Å². The van der Waals surface area contributed by atoms with Crippen molar-refractivity contribution < 1.29 is 13.9 Å². The molecule has 1 saturated carbocycles. The predicted molar refractivity (Wildman–Crippen MR) is 157 cm³/mol. The van der Waals surface area contributed by atoms with E-state index in [4.69, 9.17) is 14.8 Å². The molecule has 1 fully saturated rings. The lowest BCUT2D eigenvalue weighted by Gasteiger charge is -2.43. The standard InChI is InChI=1S/C32H34N6O2/c1-5-33-29-36-38(25-14-12-24(13-15-25)32(17-9-18-32)35-30(39)40-31(2,3)4)28-26-20-23(22-10-7-6-8-11-22)21-34-27(26)16-19-37(28)29/h6-8,10-16,19-21H,5,9,17-18H2,1-4H3,(H-,33,35,36,39)/p+1. The summed E-state index contributed by atoms with van der Waals surface area (Å²) < 4.78 is 9.60. The van der Waals surface area contributed by atoms with Gasteiger partial charge in [0, 0.05) is 23.4 Å². The molecule has 3 heterocycles. The molecule has 0 saturated heterocycles. The molecule has 1 aliphatic rings. The summed E-state index contributed by atoms with van der Waals surface area (Å²) in [7, 11) is 0. The first kappa shape index (κ1) is 25.8. The van der Waals surface area contributed by atoms with Crippen LogP contribution < -0.4 is 15.0 Å². The van der Waals surface area contributed by atoms with Crippen LogP contribution >= 0.6 is 0 Å². The molecule has 3 aromatic heterocycles. The number of aromatic nitrogens is 4. The molecular weight excluding hydrogens is 500 g/mol. The van der Waals surface area contributed by atoms with Crippen molar-refractivity contribution in [2.24, 2.45) is 0 Å². The van der Waals surface area contributed by atoms with E-state index in [1.807, 2.05) is 62.1 Å². The van der Waals surface area contributed by atoms with Crippen LogP contribution in [0.3, 0.4) is 0 Å². The van der Waals surface area contributed by atoms with E-state index < -0.39 is 11.1 Å². The lowest BCUT2D eigenvalue weighted by molar-refractivity contribution is -0.495. The summed E-state index contributed by atoms with van der Waals surface area (Å²) in [6, 6.07) is 22.8. The Hall–Kier alpha value is -4.46. The summed E-state index contributed by atoms with van der Waals surface area (Å²) in [5, 5.41) is 12.5.